The van der Waals surface area contributed by atoms with E-state index in [1.807, 2.05) is 12.1 Å². The van der Waals surface area contributed by atoms with Crippen LogP contribution in [0.4, 0.5) is 5.69 Å². The summed E-state index contributed by atoms with van der Waals surface area (Å²) < 4.78 is 11.8. The third-order valence-corrected chi connectivity index (χ3v) is 4.79. The topological polar surface area (TPSA) is 30.5 Å². The number of anilines is 1. The Bertz CT molecular complexity index is 737. The van der Waals surface area contributed by atoms with Gasteiger partial charge in [0.15, 0.2) is 0 Å². The van der Waals surface area contributed by atoms with Gasteiger partial charge < -0.3 is 14.8 Å². The highest BCUT2D eigenvalue weighted by Gasteiger charge is 2.17. The Hall–Kier alpha value is -2.16. The molecule has 0 radical (unpaired) electrons. The van der Waals surface area contributed by atoms with Crippen LogP contribution in [0.5, 0.6) is 11.5 Å². The largest absolute Gasteiger partial charge is 0.493 e. The van der Waals surface area contributed by atoms with Crippen LogP contribution in [0.15, 0.2) is 42.5 Å². The summed E-state index contributed by atoms with van der Waals surface area (Å²) in [6.45, 7) is 15.6. The van der Waals surface area contributed by atoms with E-state index >= 15 is 0 Å². The van der Waals surface area contributed by atoms with Crippen molar-refractivity contribution in [2.24, 2.45) is 11.3 Å². The molecule has 3 nitrogen and oxygen atoms in total. The minimum atomic E-state index is 0.194. The van der Waals surface area contributed by atoms with Crippen LogP contribution in [0.1, 0.15) is 51.7 Å². The fourth-order valence-electron chi connectivity index (χ4n) is 2.98. The molecule has 0 aliphatic carbocycles. The monoisotopic (exact) mass is 383 g/mol. The summed E-state index contributed by atoms with van der Waals surface area (Å²) in [5.41, 5.74) is 3.75. The molecule has 2 rings (SSSR count). The van der Waals surface area contributed by atoms with Gasteiger partial charge in [-0.05, 0) is 67.3 Å². The molecule has 0 heterocycles. The van der Waals surface area contributed by atoms with Gasteiger partial charge in [0.2, 0.25) is 0 Å². The van der Waals surface area contributed by atoms with E-state index in [4.69, 9.17) is 9.47 Å². The van der Waals surface area contributed by atoms with Crippen LogP contribution in [0.2, 0.25) is 0 Å². The third kappa shape index (κ3) is 7.84. The van der Waals surface area contributed by atoms with Crippen molar-refractivity contribution in [3.05, 3.63) is 53.6 Å². The van der Waals surface area contributed by atoms with Crippen LogP contribution in [0, 0.1) is 25.2 Å². The van der Waals surface area contributed by atoms with Gasteiger partial charge in [0.25, 0.3) is 0 Å². The SMILES string of the molecule is Cc1ccc(C)c(OCCCC(C)(C)CNc2cccc(OCC(C)C)c2)c1. The number of nitrogens with one attached hydrogen (secondary N) is 1. The maximum absolute atomic E-state index is 6.00. The normalized spacial score (nSPS) is 11.5. The molecule has 0 saturated carbocycles. The van der Waals surface area contributed by atoms with Gasteiger partial charge in [-0.15, -0.1) is 0 Å². The highest BCUT2D eigenvalue weighted by Crippen LogP contribution is 2.26. The molecule has 154 valence electrons. The molecule has 1 N–H and O–H groups in total. The molecule has 0 spiro atoms. The van der Waals surface area contributed by atoms with Crippen molar-refractivity contribution < 1.29 is 9.47 Å². The lowest BCUT2D eigenvalue weighted by Gasteiger charge is -2.26. The predicted molar refractivity (Wildman–Crippen MR) is 120 cm³/mol. The molecular formula is C25H37NO2. The Morgan fingerprint density at radius 3 is 2.54 bits per heavy atom. The molecule has 0 bridgehead atoms. The number of ether oxygens (including phenoxy) is 2. The minimum Gasteiger partial charge on any atom is -0.493 e. The summed E-state index contributed by atoms with van der Waals surface area (Å²) in [6.07, 6.45) is 2.15. The molecule has 0 aliphatic rings. The first-order valence-corrected chi connectivity index (χ1v) is 10.4. The molecule has 0 saturated heterocycles. The van der Waals surface area contributed by atoms with Crippen LogP contribution in [-0.2, 0) is 0 Å². The van der Waals surface area contributed by atoms with E-state index < -0.39 is 0 Å². The number of benzene rings is 2. The first-order chi connectivity index (χ1) is 13.2. The summed E-state index contributed by atoms with van der Waals surface area (Å²) in [4.78, 5) is 0. The summed E-state index contributed by atoms with van der Waals surface area (Å²) in [5.74, 6) is 2.47. The maximum atomic E-state index is 6.00. The van der Waals surface area contributed by atoms with Gasteiger partial charge in [-0.25, -0.2) is 0 Å². The molecule has 28 heavy (non-hydrogen) atoms. The minimum absolute atomic E-state index is 0.194. The van der Waals surface area contributed by atoms with Crippen LogP contribution in [0.25, 0.3) is 0 Å². The summed E-state index contributed by atoms with van der Waals surface area (Å²) in [7, 11) is 0. The Balaban J connectivity index is 1.76. The molecule has 0 atom stereocenters. The lowest BCUT2D eigenvalue weighted by molar-refractivity contribution is 0.263. The maximum Gasteiger partial charge on any atom is 0.122 e. The number of hydrogen-bond donors (Lipinski definition) is 1. The van der Waals surface area contributed by atoms with Crippen molar-refractivity contribution in [2.45, 2.75) is 54.4 Å². The molecule has 0 amide bonds. The van der Waals surface area contributed by atoms with Gasteiger partial charge in [0, 0.05) is 18.3 Å². The van der Waals surface area contributed by atoms with E-state index in [9.17, 15) is 0 Å². The Kier molecular flexibility index (Phi) is 8.22. The smallest absolute Gasteiger partial charge is 0.122 e. The first-order valence-electron chi connectivity index (χ1n) is 10.4. The van der Waals surface area contributed by atoms with Crippen molar-refractivity contribution in [1.82, 2.24) is 0 Å². The Labute approximate surface area is 171 Å². The molecule has 2 aromatic rings. The highest BCUT2D eigenvalue weighted by atomic mass is 16.5. The van der Waals surface area contributed by atoms with Gasteiger partial charge >= 0.3 is 0 Å². The second-order valence-electron chi connectivity index (χ2n) is 8.97. The number of rotatable bonds is 11. The van der Waals surface area contributed by atoms with E-state index in [1.165, 1.54) is 11.1 Å². The number of hydrogen-bond acceptors (Lipinski definition) is 3. The Morgan fingerprint density at radius 1 is 1.00 bits per heavy atom. The van der Waals surface area contributed by atoms with Crippen molar-refractivity contribution >= 4 is 5.69 Å². The zero-order valence-electron chi connectivity index (χ0n) is 18.5. The van der Waals surface area contributed by atoms with Crippen LogP contribution in [0.3, 0.4) is 0 Å². The predicted octanol–water partition coefficient (Wildman–Crippen LogP) is 6.64. The van der Waals surface area contributed by atoms with Gasteiger partial charge in [-0.2, -0.15) is 0 Å². The third-order valence-electron chi connectivity index (χ3n) is 4.79. The van der Waals surface area contributed by atoms with E-state index in [-0.39, 0.29) is 5.41 Å². The van der Waals surface area contributed by atoms with E-state index in [0.717, 1.165) is 49.8 Å². The van der Waals surface area contributed by atoms with E-state index in [1.54, 1.807) is 0 Å². The van der Waals surface area contributed by atoms with Crippen LogP contribution < -0.4 is 14.8 Å². The van der Waals surface area contributed by atoms with Gasteiger partial charge in [-0.1, -0.05) is 45.9 Å². The van der Waals surface area contributed by atoms with Crippen LogP contribution >= 0.6 is 0 Å². The standard InChI is InChI=1S/C25H37NO2/c1-19(2)17-28-23-10-7-9-22(16-23)26-18-25(5,6)13-8-14-27-24-15-20(3)11-12-21(24)4/h7,9-12,15-16,19,26H,8,13-14,17-18H2,1-6H3. The Morgan fingerprint density at radius 2 is 1.79 bits per heavy atom. The molecule has 0 aliphatic heterocycles. The lowest BCUT2D eigenvalue weighted by atomic mass is 9.88. The van der Waals surface area contributed by atoms with E-state index in [0.29, 0.717) is 5.92 Å². The molecule has 3 heteroatoms. The summed E-state index contributed by atoms with van der Waals surface area (Å²) in [5, 5.41) is 3.57. The molecule has 0 fully saturated rings. The zero-order valence-corrected chi connectivity index (χ0v) is 18.5. The molecule has 2 aromatic carbocycles. The van der Waals surface area contributed by atoms with Crippen molar-refractivity contribution in [1.29, 1.82) is 0 Å². The average molecular weight is 384 g/mol. The fourth-order valence-corrected chi connectivity index (χ4v) is 2.98. The zero-order chi connectivity index (χ0) is 20.6. The highest BCUT2D eigenvalue weighted by molar-refractivity contribution is 5.48. The second kappa shape index (κ2) is 10.4. The molecular weight excluding hydrogens is 346 g/mol. The van der Waals surface area contributed by atoms with Gasteiger partial charge in [0.05, 0.1) is 13.2 Å². The fraction of sp³-hybridized carbons (Fsp3) is 0.520. The average Bonchev–Trinajstić information content (AvgIpc) is 2.65. The summed E-state index contributed by atoms with van der Waals surface area (Å²) in [6, 6.07) is 14.6. The molecule has 0 unspecified atom stereocenters. The van der Waals surface area contributed by atoms with Gasteiger partial charge in [-0.3, -0.25) is 0 Å². The van der Waals surface area contributed by atoms with Crippen LogP contribution in [-0.4, -0.2) is 19.8 Å². The first kappa shape index (κ1) is 22.1. The van der Waals surface area contributed by atoms with Crippen molar-refractivity contribution in [3.8, 4) is 11.5 Å². The lowest BCUT2D eigenvalue weighted by Crippen LogP contribution is -2.23. The van der Waals surface area contributed by atoms with Crippen molar-refractivity contribution in [2.75, 3.05) is 25.1 Å². The summed E-state index contributed by atoms with van der Waals surface area (Å²) >= 11 is 0. The van der Waals surface area contributed by atoms with E-state index in [2.05, 4.69) is 77.2 Å². The second-order valence-corrected chi connectivity index (χ2v) is 8.97. The molecule has 0 aromatic heterocycles. The van der Waals surface area contributed by atoms with Crippen molar-refractivity contribution in [3.63, 3.8) is 0 Å². The number of aryl methyl sites for hydroxylation is 2. The van der Waals surface area contributed by atoms with Gasteiger partial charge in [0.1, 0.15) is 11.5 Å². The quantitative estimate of drug-likeness (QED) is 0.441.